The molecule has 0 bridgehead atoms. The quantitative estimate of drug-likeness (QED) is 0.341. The van der Waals surface area contributed by atoms with Crippen LogP contribution in [0, 0.1) is 0 Å². The highest BCUT2D eigenvalue weighted by molar-refractivity contribution is 6.00. The number of H-pyrrole nitrogens is 1. The monoisotopic (exact) mass is 287 g/mol. The number of carbonyl (C=O) groups excluding carboxylic acids is 1. The highest BCUT2D eigenvalue weighted by atomic mass is 16.1. The SMILES string of the molecule is CNC(=O)c1nnc(Nc2cc[nH]c(=O)c2)cc1/C=N/N. The number of aromatic amines is 1. The van der Waals surface area contributed by atoms with Gasteiger partial charge >= 0.3 is 0 Å². The average molecular weight is 287 g/mol. The van der Waals surface area contributed by atoms with E-state index in [-0.39, 0.29) is 11.3 Å². The van der Waals surface area contributed by atoms with Gasteiger partial charge in [0.05, 0.1) is 6.21 Å². The molecule has 0 atom stereocenters. The third-order valence-electron chi connectivity index (χ3n) is 2.53. The first kappa shape index (κ1) is 14.2. The van der Waals surface area contributed by atoms with Gasteiger partial charge in [-0.05, 0) is 12.1 Å². The van der Waals surface area contributed by atoms with Gasteiger partial charge in [-0.1, -0.05) is 0 Å². The smallest absolute Gasteiger partial charge is 0.272 e. The fraction of sp³-hybridized carbons (Fsp3) is 0.0833. The molecule has 108 valence electrons. The number of pyridine rings is 1. The first-order valence-electron chi connectivity index (χ1n) is 5.93. The number of aromatic nitrogens is 3. The maximum Gasteiger partial charge on any atom is 0.272 e. The second-order valence-corrected chi connectivity index (χ2v) is 3.96. The van der Waals surface area contributed by atoms with Crippen LogP contribution in [0.2, 0.25) is 0 Å². The Morgan fingerprint density at radius 2 is 2.24 bits per heavy atom. The third kappa shape index (κ3) is 3.41. The van der Waals surface area contributed by atoms with Gasteiger partial charge in [-0.15, -0.1) is 10.2 Å². The summed E-state index contributed by atoms with van der Waals surface area (Å²) in [5, 5.41) is 16.4. The Bertz CT molecular complexity index is 738. The molecule has 1 amide bonds. The lowest BCUT2D eigenvalue weighted by molar-refractivity contribution is 0.0957. The van der Waals surface area contributed by atoms with Crippen molar-refractivity contribution in [3.63, 3.8) is 0 Å². The van der Waals surface area contributed by atoms with Gasteiger partial charge in [-0.3, -0.25) is 9.59 Å². The van der Waals surface area contributed by atoms with Gasteiger partial charge in [-0.25, -0.2) is 0 Å². The van der Waals surface area contributed by atoms with Crippen LogP contribution >= 0.6 is 0 Å². The van der Waals surface area contributed by atoms with Crippen molar-refractivity contribution in [1.82, 2.24) is 20.5 Å². The summed E-state index contributed by atoms with van der Waals surface area (Å²) in [5.74, 6) is 5.06. The summed E-state index contributed by atoms with van der Waals surface area (Å²) >= 11 is 0. The molecule has 0 unspecified atom stereocenters. The van der Waals surface area contributed by atoms with Crippen molar-refractivity contribution < 1.29 is 4.79 Å². The fourth-order valence-corrected chi connectivity index (χ4v) is 1.61. The molecule has 2 rings (SSSR count). The van der Waals surface area contributed by atoms with Crippen LogP contribution in [0.25, 0.3) is 0 Å². The Balaban J connectivity index is 2.35. The molecule has 0 saturated heterocycles. The Labute approximate surface area is 119 Å². The van der Waals surface area contributed by atoms with Crippen molar-refractivity contribution in [3.05, 3.63) is 46.0 Å². The summed E-state index contributed by atoms with van der Waals surface area (Å²) in [4.78, 5) is 25.3. The van der Waals surface area contributed by atoms with Crippen molar-refractivity contribution in [2.24, 2.45) is 10.9 Å². The first-order chi connectivity index (χ1) is 10.1. The number of amides is 1. The van der Waals surface area contributed by atoms with Crippen LogP contribution in [0.1, 0.15) is 16.1 Å². The number of nitrogens with zero attached hydrogens (tertiary/aromatic N) is 3. The summed E-state index contributed by atoms with van der Waals surface area (Å²) < 4.78 is 0. The normalized spacial score (nSPS) is 10.5. The van der Waals surface area contributed by atoms with Crippen LogP contribution in [0.3, 0.4) is 0 Å². The number of nitrogens with one attached hydrogen (secondary N) is 3. The lowest BCUT2D eigenvalue weighted by Gasteiger charge is -2.07. The molecule has 0 aliphatic heterocycles. The Kier molecular flexibility index (Phi) is 4.24. The Morgan fingerprint density at radius 3 is 2.90 bits per heavy atom. The molecule has 0 radical (unpaired) electrons. The Morgan fingerprint density at radius 1 is 1.43 bits per heavy atom. The largest absolute Gasteiger partial charge is 0.354 e. The zero-order valence-electron chi connectivity index (χ0n) is 11.1. The second kappa shape index (κ2) is 6.28. The number of nitrogens with two attached hydrogens (primary N) is 1. The molecule has 2 aromatic rings. The van der Waals surface area contributed by atoms with Crippen molar-refractivity contribution in [2.75, 3.05) is 12.4 Å². The molecule has 0 spiro atoms. The molecular weight excluding hydrogens is 274 g/mol. The van der Waals surface area contributed by atoms with Crippen LogP contribution < -0.4 is 22.0 Å². The number of hydrogen-bond acceptors (Lipinski definition) is 7. The second-order valence-electron chi connectivity index (χ2n) is 3.96. The molecule has 2 aromatic heterocycles. The minimum absolute atomic E-state index is 0.100. The zero-order chi connectivity index (χ0) is 15.2. The van der Waals surface area contributed by atoms with Crippen LogP contribution in [0.15, 0.2) is 34.3 Å². The molecule has 21 heavy (non-hydrogen) atoms. The molecule has 2 heterocycles. The van der Waals surface area contributed by atoms with Crippen LogP contribution in [-0.4, -0.2) is 34.4 Å². The predicted molar refractivity (Wildman–Crippen MR) is 77.5 cm³/mol. The van der Waals surface area contributed by atoms with Gasteiger partial charge in [0, 0.05) is 30.6 Å². The number of anilines is 2. The first-order valence-corrected chi connectivity index (χ1v) is 5.93. The van der Waals surface area contributed by atoms with Gasteiger partial charge in [0.15, 0.2) is 11.5 Å². The molecule has 0 aromatic carbocycles. The van der Waals surface area contributed by atoms with Gasteiger partial charge in [-0.2, -0.15) is 5.10 Å². The van der Waals surface area contributed by atoms with E-state index in [4.69, 9.17) is 5.84 Å². The molecule has 0 saturated carbocycles. The topological polar surface area (TPSA) is 138 Å². The summed E-state index contributed by atoms with van der Waals surface area (Å²) in [6.07, 6.45) is 2.79. The van der Waals surface area contributed by atoms with Crippen molar-refractivity contribution in [3.8, 4) is 0 Å². The van der Waals surface area contributed by atoms with Gasteiger partial charge in [0.25, 0.3) is 5.91 Å². The van der Waals surface area contributed by atoms with E-state index in [2.05, 4.69) is 30.9 Å². The molecule has 9 heteroatoms. The lowest BCUT2D eigenvalue weighted by atomic mass is 10.2. The van der Waals surface area contributed by atoms with E-state index in [1.807, 2.05) is 0 Å². The standard InChI is InChI=1S/C12H13N7O2/c1-14-12(21)11-7(6-16-13)4-9(18-19-11)17-8-2-3-15-10(20)5-8/h2-6H,13H2,1H3,(H,14,21)(H2,15,17,18,20)/b16-6+. The average Bonchev–Trinajstić information content (AvgIpc) is 2.47. The van der Waals surface area contributed by atoms with Crippen LogP contribution in [-0.2, 0) is 0 Å². The third-order valence-corrected chi connectivity index (χ3v) is 2.53. The van der Waals surface area contributed by atoms with E-state index in [1.54, 1.807) is 12.1 Å². The lowest BCUT2D eigenvalue weighted by Crippen LogP contribution is -2.22. The Hall–Kier alpha value is -3.23. The predicted octanol–water partition coefficient (Wildman–Crippen LogP) is -0.439. The van der Waals surface area contributed by atoms with Gasteiger partial charge in [0.1, 0.15) is 0 Å². The molecule has 0 aliphatic rings. The minimum atomic E-state index is -0.403. The van der Waals surface area contributed by atoms with E-state index in [1.165, 1.54) is 25.5 Å². The maximum atomic E-state index is 11.6. The molecule has 0 fully saturated rings. The zero-order valence-corrected chi connectivity index (χ0v) is 11.1. The molecule has 9 nitrogen and oxygen atoms in total. The van der Waals surface area contributed by atoms with Crippen molar-refractivity contribution >= 4 is 23.6 Å². The van der Waals surface area contributed by atoms with Crippen LogP contribution in [0.5, 0.6) is 0 Å². The van der Waals surface area contributed by atoms with E-state index >= 15 is 0 Å². The van der Waals surface area contributed by atoms with E-state index in [9.17, 15) is 9.59 Å². The maximum absolute atomic E-state index is 11.6. The number of rotatable bonds is 4. The van der Waals surface area contributed by atoms with Gasteiger partial charge < -0.3 is 21.5 Å². The number of hydrogen-bond donors (Lipinski definition) is 4. The number of carbonyl (C=O) groups is 1. The highest BCUT2D eigenvalue weighted by Gasteiger charge is 2.12. The van der Waals surface area contributed by atoms with E-state index in [0.717, 1.165) is 0 Å². The number of hydrazone groups is 1. The minimum Gasteiger partial charge on any atom is -0.354 e. The van der Waals surface area contributed by atoms with E-state index in [0.29, 0.717) is 17.1 Å². The van der Waals surface area contributed by atoms with E-state index < -0.39 is 5.91 Å². The van der Waals surface area contributed by atoms with Crippen LogP contribution in [0.4, 0.5) is 11.5 Å². The summed E-state index contributed by atoms with van der Waals surface area (Å²) in [6, 6.07) is 4.58. The molecular formula is C12H13N7O2. The van der Waals surface area contributed by atoms with Gasteiger partial charge in [0.2, 0.25) is 5.56 Å². The highest BCUT2D eigenvalue weighted by Crippen LogP contribution is 2.13. The van der Waals surface area contributed by atoms with Crippen molar-refractivity contribution in [1.29, 1.82) is 0 Å². The summed E-state index contributed by atoms with van der Waals surface area (Å²) in [7, 11) is 1.48. The fourth-order valence-electron chi connectivity index (χ4n) is 1.61. The molecule has 0 aliphatic carbocycles. The summed E-state index contributed by atoms with van der Waals surface area (Å²) in [5.41, 5.74) is 0.789. The summed E-state index contributed by atoms with van der Waals surface area (Å²) in [6.45, 7) is 0. The van der Waals surface area contributed by atoms with Crippen molar-refractivity contribution in [2.45, 2.75) is 0 Å². The molecule has 5 N–H and O–H groups in total.